The summed E-state index contributed by atoms with van der Waals surface area (Å²) in [6.07, 6.45) is 3.62. The van der Waals surface area contributed by atoms with Crippen LogP contribution in [0.1, 0.15) is 5.82 Å². The minimum Gasteiger partial charge on any atom is -0.493 e. The van der Waals surface area contributed by atoms with Crippen LogP contribution in [0.2, 0.25) is 0 Å². The fraction of sp³-hybridized carbons (Fsp3) is 0.333. The van der Waals surface area contributed by atoms with Gasteiger partial charge in [0.15, 0.2) is 18.1 Å². The Morgan fingerprint density at radius 2 is 2.10 bits per heavy atom. The summed E-state index contributed by atoms with van der Waals surface area (Å²) in [5, 5.41) is 2.80. The van der Waals surface area contributed by atoms with Crippen molar-refractivity contribution in [2.24, 2.45) is 0 Å². The second kappa shape index (κ2) is 7.33. The third-order valence-electron chi connectivity index (χ3n) is 3.03. The van der Waals surface area contributed by atoms with Gasteiger partial charge in [0.05, 0.1) is 7.11 Å². The summed E-state index contributed by atoms with van der Waals surface area (Å²) in [5.74, 6) is 1.92. The Labute approximate surface area is 123 Å². The van der Waals surface area contributed by atoms with Crippen LogP contribution in [0.3, 0.4) is 0 Å². The van der Waals surface area contributed by atoms with Crippen molar-refractivity contribution in [1.82, 2.24) is 14.9 Å². The predicted octanol–water partition coefficient (Wildman–Crippen LogP) is 1.40. The molecule has 0 aliphatic rings. The molecule has 6 nitrogen and oxygen atoms in total. The zero-order chi connectivity index (χ0) is 15.1. The minimum atomic E-state index is -0.168. The van der Waals surface area contributed by atoms with Gasteiger partial charge in [-0.3, -0.25) is 4.79 Å². The zero-order valence-corrected chi connectivity index (χ0v) is 12.2. The van der Waals surface area contributed by atoms with E-state index >= 15 is 0 Å². The SMILES string of the molecule is COc1ccccc1OCC(=O)NCCn1ccnc1C. The molecule has 0 unspecified atom stereocenters. The number of aromatic nitrogens is 2. The summed E-state index contributed by atoms with van der Waals surface area (Å²) in [6.45, 7) is 3.10. The number of para-hydroxylation sites is 2. The second-order valence-electron chi connectivity index (χ2n) is 4.46. The monoisotopic (exact) mass is 289 g/mol. The molecular weight excluding hydrogens is 270 g/mol. The number of carbonyl (C=O) groups excluding carboxylic acids is 1. The Morgan fingerprint density at radius 3 is 2.76 bits per heavy atom. The smallest absolute Gasteiger partial charge is 0.258 e. The molecule has 6 heteroatoms. The third-order valence-corrected chi connectivity index (χ3v) is 3.03. The molecule has 21 heavy (non-hydrogen) atoms. The normalized spacial score (nSPS) is 10.2. The maximum Gasteiger partial charge on any atom is 0.258 e. The molecule has 0 aliphatic heterocycles. The van der Waals surface area contributed by atoms with Crippen molar-refractivity contribution in [2.45, 2.75) is 13.5 Å². The molecule has 0 spiro atoms. The lowest BCUT2D eigenvalue weighted by Gasteiger charge is -2.11. The molecule has 2 aromatic rings. The minimum absolute atomic E-state index is 0.0384. The number of ether oxygens (including phenoxy) is 2. The lowest BCUT2D eigenvalue weighted by molar-refractivity contribution is -0.123. The number of imidazole rings is 1. The molecule has 0 saturated heterocycles. The van der Waals surface area contributed by atoms with Gasteiger partial charge in [-0.1, -0.05) is 12.1 Å². The van der Waals surface area contributed by atoms with E-state index < -0.39 is 0 Å². The number of amides is 1. The van der Waals surface area contributed by atoms with Crippen molar-refractivity contribution >= 4 is 5.91 Å². The molecule has 1 aromatic heterocycles. The first kappa shape index (κ1) is 14.9. The van der Waals surface area contributed by atoms with E-state index in [1.54, 1.807) is 25.4 Å². The van der Waals surface area contributed by atoms with Crippen LogP contribution in [-0.4, -0.2) is 35.7 Å². The van der Waals surface area contributed by atoms with Gasteiger partial charge >= 0.3 is 0 Å². The van der Waals surface area contributed by atoms with Crippen LogP contribution in [-0.2, 0) is 11.3 Å². The Bertz CT molecular complexity index is 595. The van der Waals surface area contributed by atoms with Gasteiger partial charge in [-0.15, -0.1) is 0 Å². The van der Waals surface area contributed by atoms with Gasteiger partial charge < -0.3 is 19.4 Å². The molecule has 0 fully saturated rings. The summed E-state index contributed by atoms with van der Waals surface area (Å²) in [6, 6.07) is 7.23. The van der Waals surface area contributed by atoms with Gasteiger partial charge in [0.25, 0.3) is 5.91 Å². The van der Waals surface area contributed by atoms with Crippen molar-refractivity contribution in [3.8, 4) is 11.5 Å². The number of nitrogens with zero attached hydrogens (tertiary/aromatic N) is 2. The van der Waals surface area contributed by atoms with Crippen LogP contribution in [0.4, 0.5) is 0 Å². The molecule has 2 rings (SSSR count). The topological polar surface area (TPSA) is 65.4 Å². The van der Waals surface area contributed by atoms with Crippen LogP contribution in [0.25, 0.3) is 0 Å². The summed E-state index contributed by atoms with van der Waals surface area (Å²) < 4.78 is 12.6. The molecule has 0 bridgehead atoms. The van der Waals surface area contributed by atoms with Crippen molar-refractivity contribution in [3.63, 3.8) is 0 Å². The fourth-order valence-corrected chi connectivity index (χ4v) is 1.89. The number of carbonyl (C=O) groups is 1. The molecule has 1 amide bonds. The number of aryl methyl sites for hydroxylation is 1. The van der Waals surface area contributed by atoms with E-state index in [1.165, 1.54) is 0 Å². The highest BCUT2D eigenvalue weighted by Crippen LogP contribution is 2.25. The van der Waals surface area contributed by atoms with E-state index in [-0.39, 0.29) is 12.5 Å². The maximum absolute atomic E-state index is 11.7. The van der Waals surface area contributed by atoms with Gasteiger partial charge in [0.2, 0.25) is 0 Å². The molecule has 0 radical (unpaired) electrons. The van der Waals surface area contributed by atoms with Crippen molar-refractivity contribution in [2.75, 3.05) is 20.3 Å². The Morgan fingerprint density at radius 1 is 1.33 bits per heavy atom. The standard InChI is InChI=1S/C15H19N3O3/c1-12-16-7-9-18(12)10-8-17-15(19)11-21-14-6-4-3-5-13(14)20-2/h3-7,9H,8,10-11H2,1-2H3,(H,17,19). The van der Waals surface area contributed by atoms with E-state index in [0.717, 1.165) is 5.82 Å². The molecule has 0 aliphatic carbocycles. The Balaban J connectivity index is 1.74. The summed E-state index contributed by atoms with van der Waals surface area (Å²) >= 11 is 0. The first-order valence-electron chi connectivity index (χ1n) is 6.71. The van der Waals surface area contributed by atoms with Gasteiger partial charge in [-0.25, -0.2) is 4.98 Å². The van der Waals surface area contributed by atoms with E-state index in [9.17, 15) is 4.79 Å². The molecule has 1 N–H and O–H groups in total. The highest BCUT2D eigenvalue weighted by Gasteiger charge is 2.06. The van der Waals surface area contributed by atoms with Crippen LogP contribution < -0.4 is 14.8 Å². The molecular formula is C15H19N3O3. The molecule has 1 heterocycles. The largest absolute Gasteiger partial charge is 0.493 e. The quantitative estimate of drug-likeness (QED) is 0.836. The van der Waals surface area contributed by atoms with E-state index in [2.05, 4.69) is 10.3 Å². The predicted molar refractivity (Wildman–Crippen MR) is 78.5 cm³/mol. The van der Waals surface area contributed by atoms with E-state index in [4.69, 9.17) is 9.47 Å². The number of methoxy groups -OCH3 is 1. The van der Waals surface area contributed by atoms with Gasteiger partial charge in [0, 0.05) is 25.5 Å². The van der Waals surface area contributed by atoms with Crippen LogP contribution in [0, 0.1) is 6.92 Å². The molecule has 1 aromatic carbocycles. The van der Waals surface area contributed by atoms with Crippen molar-refractivity contribution in [3.05, 3.63) is 42.5 Å². The number of hydrogen-bond acceptors (Lipinski definition) is 4. The van der Waals surface area contributed by atoms with Crippen molar-refractivity contribution < 1.29 is 14.3 Å². The summed E-state index contributed by atoms with van der Waals surface area (Å²) in [4.78, 5) is 15.8. The fourth-order valence-electron chi connectivity index (χ4n) is 1.89. The first-order chi connectivity index (χ1) is 10.2. The van der Waals surface area contributed by atoms with Crippen LogP contribution in [0.15, 0.2) is 36.7 Å². The van der Waals surface area contributed by atoms with E-state index in [0.29, 0.717) is 24.6 Å². The highest BCUT2D eigenvalue weighted by molar-refractivity contribution is 5.77. The third kappa shape index (κ3) is 4.24. The number of benzene rings is 1. The zero-order valence-electron chi connectivity index (χ0n) is 12.2. The summed E-state index contributed by atoms with van der Waals surface area (Å²) in [5.41, 5.74) is 0. The van der Waals surface area contributed by atoms with Crippen LogP contribution in [0.5, 0.6) is 11.5 Å². The Hall–Kier alpha value is -2.50. The van der Waals surface area contributed by atoms with Gasteiger partial charge in [0.1, 0.15) is 5.82 Å². The summed E-state index contributed by atoms with van der Waals surface area (Å²) in [7, 11) is 1.57. The maximum atomic E-state index is 11.7. The van der Waals surface area contributed by atoms with Crippen molar-refractivity contribution in [1.29, 1.82) is 0 Å². The number of hydrogen-bond donors (Lipinski definition) is 1. The highest BCUT2D eigenvalue weighted by atomic mass is 16.5. The Kier molecular flexibility index (Phi) is 5.20. The average molecular weight is 289 g/mol. The second-order valence-corrected chi connectivity index (χ2v) is 4.46. The number of rotatable bonds is 7. The van der Waals surface area contributed by atoms with Gasteiger partial charge in [-0.2, -0.15) is 0 Å². The number of nitrogens with one attached hydrogen (secondary N) is 1. The van der Waals surface area contributed by atoms with Gasteiger partial charge in [-0.05, 0) is 19.1 Å². The first-order valence-corrected chi connectivity index (χ1v) is 6.71. The molecule has 0 saturated carbocycles. The molecule has 0 atom stereocenters. The average Bonchev–Trinajstić information content (AvgIpc) is 2.91. The van der Waals surface area contributed by atoms with Crippen LogP contribution >= 0.6 is 0 Å². The lowest BCUT2D eigenvalue weighted by Crippen LogP contribution is -2.31. The van der Waals surface area contributed by atoms with E-state index in [1.807, 2.05) is 29.8 Å². The lowest BCUT2D eigenvalue weighted by atomic mass is 10.3. The molecule has 112 valence electrons.